The van der Waals surface area contributed by atoms with Crippen LogP contribution in [0.1, 0.15) is 31.1 Å². The predicted molar refractivity (Wildman–Crippen MR) is 74.7 cm³/mol. The number of nitrogens with one attached hydrogen (secondary N) is 1. The van der Waals surface area contributed by atoms with Gasteiger partial charge in [0.15, 0.2) is 0 Å². The molecule has 0 atom stereocenters. The van der Waals surface area contributed by atoms with Gasteiger partial charge in [0.05, 0.1) is 0 Å². The van der Waals surface area contributed by atoms with E-state index in [1.807, 2.05) is 37.5 Å². The van der Waals surface area contributed by atoms with Crippen LogP contribution in [0.3, 0.4) is 0 Å². The first kappa shape index (κ1) is 12.7. The number of fused-ring (bicyclic) bond motifs is 1. The van der Waals surface area contributed by atoms with Gasteiger partial charge in [-0.05, 0) is 29.0 Å². The van der Waals surface area contributed by atoms with E-state index in [9.17, 15) is 4.79 Å². The topological polar surface area (TPSA) is 36.1 Å². The molecule has 0 unspecified atom stereocenters. The average molecular weight is 244 g/mol. The van der Waals surface area contributed by atoms with Crippen molar-refractivity contribution in [3.05, 3.63) is 36.0 Å². The van der Waals surface area contributed by atoms with Crippen LogP contribution in [0.25, 0.3) is 10.9 Å². The molecule has 1 aromatic heterocycles. The second kappa shape index (κ2) is 4.48. The monoisotopic (exact) mass is 244 g/mol. The number of hydrogen-bond donors (Lipinski definition) is 1. The number of carbonyl (C=O) groups is 1. The first-order chi connectivity index (χ1) is 8.37. The number of nitrogens with zero attached hydrogens (tertiary/aromatic N) is 1. The fraction of sp³-hybridized carbons (Fsp3) is 0.400. The molecule has 0 aliphatic carbocycles. The quantitative estimate of drug-likeness (QED) is 0.864. The molecule has 1 heterocycles. The number of aromatic nitrogens is 1. The molecule has 3 nitrogen and oxygen atoms in total. The lowest BCUT2D eigenvalue weighted by Gasteiger charge is -2.26. The second-order valence-electron chi connectivity index (χ2n) is 6.00. The minimum Gasteiger partial charge on any atom is -0.361 e. The maximum atomic E-state index is 12.3. The second-order valence-corrected chi connectivity index (χ2v) is 6.00. The number of amides is 1. The highest BCUT2D eigenvalue weighted by Crippen LogP contribution is 2.18. The summed E-state index contributed by atoms with van der Waals surface area (Å²) in [6.45, 7) is 7.13. The van der Waals surface area contributed by atoms with Crippen molar-refractivity contribution < 1.29 is 4.79 Å². The molecule has 96 valence electrons. The van der Waals surface area contributed by atoms with E-state index in [1.54, 1.807) is 4.90 Å². The summed E-state index contributed by atoms with van der Waals surface area (Å²) < 4.78 is 0. The number of carbonyl (C=O) groups excluding carboxylic acids is 1. The first-order valence-corrected chi connectivity index (χ1v) is 6.19. The maximum Gasteiger partial charge on any atom is 0.253 e. The molecule has 0 aliphatic rings. The van der Waals surface area contributed by atoms with Gasteiger partial charge in [-0.2, -0.15) is 0 Å². The van der Waals surface area contributed by atoms with Crippen LogP contribution in [0, 0.1) is 5.41 Å². The SMILES string of the molecule is CN(CC(C)(C)C)C(=O)c1ccc2cc[nH]c2c1. The van der Waals surface area contributed by atoms with Crippen molar-refractivity contribution in [1.82, 2.24) is 9.88 Å². The van der Waals surface area contributed by atoms with Crippen molar-refractivity contribution in [2.75, 3.05) is 13.6 Å². The summed E-state index contributed by atoms with van der Waals surface area (Å²) in [4.78, 5) is 17.2. The third-order valence-corrected chi connectivity index (χ3v) is 2.86. The molecule has 0 spiro atoms. The lowest BCUT2D eigenvalue weighted by atomic mass is 9.96. The summed E-state index contributed by atoms with van der Waals surface area (Å²) in [5, 5.41) is 1.13. The molecule has 3 heteroatoms. The van der Waals surface area contributed by atoms with E-state index in [-0.39, 0.29) is 11.3 Å². The van der Waals surface area contributed by atoms with Crippen LogP contribution in [0.2, 0.25) is 0 Å². The van der Waals surface area contributed by atoms with Gasteiger partial charge in [0.2, 0.25) is 0 Å². The van der Waals surface area contributed by atoms with Gasteiger partial charge in [-0.25, -0.2) is 0 Å². The van der Waals surface area contributed by atoms with E-state index in [0.29, 0.717) is 0 Å². The molecular formula is C15H20N2O. The summed E-state index contributed by atoms with van der Waals surface area (Å²) in [5.41, 5.74) is 1.85. The van der Waals surface area contributed by atoms with Crippen LogP contribution < -0.4 is 0 Å². The molecule has 0 fully saturated rings. The smallest absolute Gasteiger partial charge is 0.253 e. The molecule has 1 amide bonds. The van der Waals surface area contributed by atoms with E-state index < -0.39 is 0 Å². The van der Waals surface area contributed by atoms with Crippen molar-refractivity contribution in [3.8, 4) is 0 Å². The molecule has 1 N–H and O–H groups in total. The van der Waals surface area contributed by atoms with E-state index in [4.69, 9.17) is 0 Å². The van der Waals surface area contributed by atoms with Gasteiger partial charge in [-0.3, -0.25) is 4.79 Å². The summed E-state index contributed by atoms with van der Waals surface area (Å²) in [7, 11) is 1.85. The average Bonchev–Trinajstić information content (AvgIpc) is 2.72. The highest BCUT2D eigenvalue weighted by Gasteiger charge is 2.19. The summed E-state index contributed by atoms with van der Waals surface area (Å²) in [5.74, 6) is 0.0708. The normalized spacial score (nSPS) is 11.8. The van der Waals surface area contributed by atoms with Gasteiger partial charge in [-0.1, -0.05) is 26.8 Å². The molecule has 0 bridgehead atoms. The van der Waals surface area contributed by atoms with E-state index in [1.165, 1.54) is 0 Å². The summed E-state index contributed by atoms with van der Waals surface area (Å²) in [6, 6.07) is 7.78. The zero-order valence-corrected chi connectivity index (χ0v) is 11.4. The Morgan fingerprint density at radius 2 is 2.00 bits per heavy atom. The summed E-state index contributed by atoms with van der Waals surface area (Å²) in [6.07, 6.45) is 1.89. The molecule has 2 aromatic rings. The molecule has 2 rings (SSSR count). The van der Waals surface area contributed by atoms with Crippen LogP contribution in [0.4, 0.5) is 0 Å². The number of rotatable bonds is 2. The van der Waals surface area contributed by atoms with E-state index in [0.717, 1.165) is 23.0 Å². The maximum absolute atomic E-state index is 12.3. The van der Waals surface area contributed by atoms with Crippen molar-refractivity contribution in [2.45, 2.75) is 20.8 Å². The fourth-order valence-electron chi connectivity index (χ4n) is 2.18. The third kappa shape index (κ3) is 2.73. The molecular weight excluding hydrogens is 224 g/mol. The molecule has 0 aliphatic heterocycles. The molecule has 1 aromatic carbocycles. The van der Waals surface area contributed by atoms with Crippen molar-refractivity contribution in [1.29, 1.82) is 0 Å². The van der Waals surface area contributed by atoms with Gasteiger partial charge in [0.1, 0.15) is 0 Å². The van der Waals surface area contributed by atoms with E-state index in [2.05, 4.69) is 25.8 Å². The van der Waals surface area contributed by atoms with Gasteiger partial charge in [0, 0.05) is 30.9 Å². The minimum atomic E-state index is 0.0708. The Morgan fingerprint density at radius 3 is 2.67 bits per heavy atom. The Labute approximate surface area is 108 Å². The highest BCUT2D eigenvalue weighted by molar-refractivity contribution is 5.97. The van der Waals surface area contributed by atoms with Gasteiger partial charge >= 0.3 is 0 Å². The Bertz CT molecular complexity index is 563. The summed E-state index contributed by atoms with van der Waals surface area (Å²) >= 11 is 0. The molecule has 0 radical (unpaired) electrons. The third-order valence-electron chi connectivity index (χ3n) is 2.86. The van der Waals surface area contributed by atoms with Crippen molar-refractivity contribution in [3.63, 3.8) is 0 Å². The van der Waals surface area contributed by atoms with Crippen molar-refractivity contribution >= 4 is 16.8 Å². The van der Waals surface area contributed by atoms with Gasteiger partial charge in [0.25, 0.3) is 5.91 Å². The van der Waals surface area contributed by atoms with Crippen LogP contribution >= 0.6 is 0 Å². The lowest BCUT2D eigenvalue weighted by molar-refractivity contribution is 0.0746. The Balaban J connectivity index is 2.22. The van der Waals surface area contributed by atoms with Crippen LogP contribution in [0.15, 0.2) is 30.5 Å². The largest absolute Gasteiger partial charge is 0.361 e. The Morgan fingerprint density at radius 1 is 1.28 bits per heavy atom. The predicted octanol–water partition coefficient (Wildman–Crippen LogP) is 3.29. The Hall–Kier alpha value is -1.77. The first-order valence-electron chi connectivity index (χ1n) is 6.19. The Kier molecular flexibility index (Phi) is 3.16. The highest BCUT2D eigenvalue weighted by atomic mass is 16.2. The number of hydrogen-bond acceptors (Lipinski definition) is 1. The fourth-order valence-corrected chi connectivity index (χ4v) is 2.18. The van der Waals surface area contributed by atoms with Crippen molar-refractivity contribution in [2.24, 2.45) is 5.41 Å². The molecule has 0 saturated carbocycles. The van der Waals surface area contributed by atoms with Crippen LogP contribution in [-0.2, 0) is 0 Å². The standard InChI is InChI=1S/C15H20N2O/c1-15(2,3)10-17(4)14(18)12-6-5-11-7-8-16-13(11)9-12/h5-9,16H,10H2,1-4H3. The molecule has 18 heavy (non-hydrogen) atoms. The number of aromatic amines is 1. The molecule has 0 saturated heterocycles. The van der Waals surface area contributed by atoms with Gasteiger partial charge < -0.3 is 9.88 Å². The lowest BCUT2D eigenvalue weighted by Crippen LogP contribution is -2.34. The zero-order chi connectivity index (χ0) is 13.3. The number of H-pyrrole nitrogens is 1. The van der Waals surface area contributed by atoms with Crippen LogP contribution in [0.5, 0.6) is 0 Å². The van der Waals surface area contributed by atoms with Gasteiger partial charge in [-0.15, -0.1) is 0 Å². The minimum absolute atomic E-state index is 0.0708. The van der Waals surface area contributed by atoms with E-state index >= 15 is 0 Å². The zero-order valence-electron chi connectivity index (χ0n) is 11.4. The number of benzene rings is 1. The van der Waals surface area contributed by atoms with Crippen LogP contribution in [-0.4, -0.2) is 29.4 Å².